The minimum absolute atomic E-state index is 0.876. The summed E-state index contributed by atoms with van der Waals surface area (Å²) in [4.78, 5) is 6.76. The molecule has 0 unspecified atom stereocenters. The number of fused-ring (bicyclic) bond motifs is 3. The molecule has 0 saturated carbocycles. The van der Waals surface area contributed by atoms with Crippen LogP contribution in [0.2, 0.25) is 0 Å². The maximum atomic E-state index is 4.50. The number of benzene rings is 1. The highest BCUT2D eigenvalue weighted by molar-refractivity contribution is 9.12. The normalized spacial score (nSPS) is 17.5. The number of anilines is 2. The van der Waals surface area contributed by atoms with E-state index in [4.69, 9.17) is 0 Å². The highest BCUT2D eigenvalue weighted by atomic mass is 79.9. The highest BCUT2D eigenvalue weighted by Gasteiger charge is 2.26. The minimum Gasteiger partial charge on any atom is -0.388 e. The SMILES string of the molecule is CNc1ccc2c(c1)N1CCN=C1C(Br)=C2. The lowest BCUT2D eigenvalue weighted by Crippen LogP contribution is -2.30. The molecule has 0 amide bonds. The minimum atomic E-state index is 0.876. The lowest BCUT2D eigenvalue weighted by atomic mass is 10.1. The number of nitrogens with one attached hydrogen (secondary N) is 1. The number of nitrogens with zero attached hydrogens (tertiary/aromatic N) is 2. The fourth-order valence-corrected chi connectivity index (χ4v) is 2.73. The molecule has 0 atom stereocenters. The van der Waals surface area contributed by atoms with E-state index in [0.717, 1.165) is 29.1 Å². The lowest BCUT2D eigenvalue weighted by molar-refractivity contribution is 1.02. The summed E-state index contributed by atoms with van der Waals surface area (Å²) < 4.78 is 1.08. The van der Waals surface area contributed by atoms with E-state index in [9.17, 15) is 0 Å². The molecule has 0 saturated heterocycles. The Bertz CT molecular complexity index is 505. The first-order valence-electron chi connectivity index (χ1n) is 5.31. The maximum absolute atomic E-state index is 4.50. The van der Waals surface area contributed by atoms with Crippen LogP contribution in [-0.2, 0) is 0 Å². The summed E-state index contributed by atoms with van der Waals surface area (Å²) >= 11 is 3.57. The molecule has 0 aromatic heterocycles. The quantitative estimate of drug-likeness (QED) is 0.855. The number of aliphatic imine (C=N–C) groups is 1. The van der Waals surface area contributed by atoms with Crippen molar-refractivity contribution in [3.8, 4) is 0 Å². The lowest BCUT2D eigenvalue weighted by Gasteiger charge is -2.27. The van der Waals surface area contributed by atoms with E-state index in [1.54, 1.807) is 0 Å². The summed E-state index contributed by atoms with van der Waals surface area (Å²) in [5.41, 5.74) is 3.62. The Labute approximate surface area is 103 Å². The Morgan fingerprint density at radius 3 is 3.12 bits per heavy atom. The standard InChI is InChI=1S/C12H12BrN3/c1-14-9-3-2-8-6-10(13)12-15-4-5-16(12)11(8)7-9/h2-3,6-7,14H,4-5H2,1H3. The molecule has 0 fully saturated rings. The Hall–Kier alpha value is -1.29. The van der Waals surface area contributed by atoms with Gasteiger partial charge in [0.05, 0.1) is 16.7 Å². The maximum Gasteiger partial charge on any atom is 0.142 e. The van der Waals surface area contributed by atoms with Crippen LogP contribution >= 0.6 is 15.9 Å². The summed E-state index contributed by atoms with van der Waals surface area (Å²) in [6, 6.07) is 6.40. The van der Waals surface area contributed by atoms with E-state index in [1.165, 1.54) is 11.3 Å². The topological polar surface area (TPSA) is 27.6 Å². The Balaban J connectivity index is 2.17. The molecule has 1 N–H and O–H groups in total. The van der Waals surface area contributed by atoms with Crippen molar-refractivity contribution in [3.63, 3.8) is 0 Å². The molecule has 0 radical (unpaired) electrons. The number of hydrogen-bond donors (Lipinski definition) is 1. The van der Waals surface area contributed by atoms with Crippen LogP contribution in [0, 0.1) is 0 Å². The zero-order chi connectivity index (χ0) is 11.1. The van der Waals surface area contributed by atoms with E-state index in [1.807, 2.05) is 7.05 Å². The largest absolute Gasteiger partial charge is 0.388 e. The monoisotopic (exact) mass is 277 g/mol. The molecule has 16 heavy (non-hydrogen) atoms. The van der Waals surface area contributed by atoms with Gasteiger partial charge in [-0.1, -0.05) is 6.07 Å². The van der Waals surface area contributed by atoms with Crippen LogP contribution in [0.4, 0.5) is 11.4 Å². The fraction of sp³-hybridized carbons (Fsp3) is 0.250. The molecule has 3 rings (SSSR count). The molecule has 0 bridgehead atoms. The third-order valence-corrected chi connectivity index (χ3v) is 3.53. The summed E-state index contributed by atoms with van der Waals surface area (Å²) in [7, 11) is 1.94. The van der Waals surface area contributed by atoms with E-state index in [0.29, 0.717) is 0 Å². The van der Waals surface area contributed by atoms with Gasteiger partial charge in [-0.05, 0) is 39.7 Å². The van der Waals surface area contributed by atoms with Gasteiger partial charge in [0.1, 0.15) is 5.84 Å². The van der Waals surface area contributed by atoms with Gasteiger partial charge in [-0.15, -0.1) is 0 Å². The van der Waals surface area contributed by atoms with Crippen LogP contribution in [0.5, 0.6) is 0 Å². The van der Waals surface area contributed by atoms with Gasteiger partial charge in [-0.3, -0.25) is 4.99 Å². The van der Waals surface area contributed by atoms with Crippen molar-refractivity contribution in [2.45, 2.75) is 0 Å². The van der Waals surface area contributed by atoms with E-state index in [-0.39, 0.29) is 0 Å². The predicted molar refractivity (Wildman–Crippen MR) is 72.5 cm³/mol. The highest BCUT2D eigenvalue weighted by Crippen LogP contribution is 2.35. The van der Waals surface area contributed by atoms with Crippen LogP contribution in [0.1, 0.15) is 5.56 Å². The van der Waals surface area contributed by atoms with Crippen LogP contribution in [0.15, 0.2) is 27.7 Å². The Kier molecular flexibility index (Phi) is 2.24. The summed E-state index contributed by atoms with van der Waals surface area (Å²) in [5, 5.41) is 3.17. The van der Waals surface area contributed by atoms with Crippen molar-refractivity contribution in [3.05, 3.63) is 28.2 Å². The molecule has 1 aromatic carbocycles. The van der Waals surface area contributed by atoms with E-state index >= 15 is 0 Å². The van der Waals surface area contributed by atoms with Gasteiger partial charge in [0.2, 0.25) is 0 Å². The molecule has 4 heteroatoms. The van der Waals surface area contributed by atoms with E-state index < -0.39 is 0 Å². The molecule has 2 aliphatic heterocycles. The summed E-state index contributed by atoms with van der Waals surface area (Å²) in [6.45, 7) is 1.85. The van der Waals surface area contributed by atoms with Gasteiger partial charge in [0.25, 0.3) is 0 Å². The van der Waals surface area contributed by atoms with Crippen molar-refractivity contribution >= 4 is 39.2 Å². The smallest absolute Gasteiger partial charge is 0.142 e. The number of halogens is 1. The Morgan fingerprint density at radius 1 is 1.44 bits per heavy atom. The van der Waals surface area contributed by atoms with Crippen molar-refractivity contribution in [2.75, 3.05) is 30.4 Å². The van der Waals surface area contributed by atoms with Gasteiger partial charge < -0.3 is 10.2 Å². The van der Waals surface area contributed by atoms with Gasteiger partial charge in [-0.2, -0.15) is 0 Å². The van der Waals surface area contributed by atoms with Gasteiger partial charge in [-0.25, -0.2) is 0 Å². The van der Waals surface area contributed by atoms with Crippen molar-refractivity contribution in [1.82, 2.24) is 0 Å². The second kappa shape index (κ2) is 3.63. The van der Waals surface area contributed by atoms with Gasteiger partial charge >= 0.3 is 0 Å². The third-order valence-electron chi connectivity index (χ3n) is 2.95. The van der Waals surface area contributed by atoms with E-state index in [2.05, 4.69) is 55.4 Å². The van der Waals surface area contributed by atoms with Crippen molar-refractivity contribution < 1.29 is 0 Å². The van der Waals surface area contributed by atoms with Crippen molar-refractivity contribution in [2.24, 2.45) is 4.99 Å². The first-order chi connectivity index (χ1) is 7.79. The molecule has 1 aromatic rings. The molecule has 3 nitrogen and oxygen atoms in total. The van der Waals surface area contributed by atoms with Gasteiger partial charge in [0.15, 0.2) is 0 Å². The molecule has 0 aliphatic carbocycles. The summed E-state index contributed by atoms with van der Waals surface area (Å²) in [6.07, 6.45) is 2.13. The van der Waals surface area contributed by atoms with Crippen LogP contribution in [0.3, 0.4) is 0 Å². The van der Waals surface area contributed by atoms with Crippen LogP contribution in [0.25, 0.3) is 6.08 Å². The number of amidine groups is 1. The average molecular weight is 278 g/mol. The molecular formula is C12H12BrN3. The molecule has 82 valence electrons. The number of rotatable bonds is 1. The molecule has 2 heterocycles. The second-order valence-electron chi connectivity index (χ2n) is 3.87. The first kappa shape index (κ1) is 9.90. The number of hydrogen-bond acceptors (Lipinski definition) is 3. The zero-order valence-electron chi connectivity index (χ0n) is 9.00. The van der Waals surface area contributed by atoms with Gasteiger partial charge in [0, 0.05) is 19.3 Å². The summed E-state index contributed by atoms with van der Waals surface area (Å²) in [5.74, 6) is 1.06. The molecule has 2 aliphatic rings. The van der Waals surface area contributed by atoms with Crippen LogP contribution < -0.4 is 10.2 Å². The van der Waals surface area contributed by atoms with Crippen molar-refractivity contribution in [1.29, 1.82) is 0 Å². The third kappa shape index (κ3) is 1.37. The first-order valence-corrected chi connectivity index (χ1v) is 6.10. The predicted octanol–water partition coefficient (Wildman–Crippen LogP) is 2.70. The van der Waals surface area contributed by atoms with Crippen LogP contribution in [-0.4, -0.2) is 26.0 Å². The average Bonchev–Trinajstić information content (AvgIpc) is 2.78. The zero-order valence-corrected chi connectivity index (χ0v) is 10.6. The molecule has 0 spiro atoms. The second-order valence-corrected chi connectivity index (χ2v) is 4.73. The Morgan fingerprint density at radius 2 is 2.31 bits per heavy atom. The fourth-order valence-electron chi connectivity index (χ4n) is 2.14. The molecular weight excluding hydrogens is 266 g/mol.